The Morgan fingerprint density at radius 1 is 1.12 bits per heavy atom. The summed E-state index contributed by atoms with van der Waals surface area (Å²) in [6.07, 6.45) is 2.12. The molecule has 0 fully saturated rings. The third kappa shape index (κ3) is 3.21. The van der Waals surface area contributed by atoms with Crippen LogP contribution in [-0.4, -0.2) is 11.2 Å². The second-order valence-electron chi connectivity index (χ2n) is 4.28. The number of hydrogen-bond acceptors (Lipinski definition) is 2. The van der Waals surface area contributed by atoms with Gasteiger partial charge in [0.15, 0.2) is 0 Å². The van der Waals surface area contributed by atoms with E-state index in [9.17, 15) is 5.11 Å². The Morgan fingerprint density at radius 3 is 2.59 bits per heavy atom. The number of benzene rings is 1. The molecule has 0 amide bonds. The summed E-state index contributed by atoms with van der Waals surface area (Å²) < 4.78 is 5.73. The van der Waals surface area contributed by atoms with E-state index in [1.807, 2.05) is 42.5 Å². The fourth-order valence-electron chi connectivity index (χ4n) is 1.91. The van der Waals surface area contributed by atoms with E-state index in [2.05, 4.69) is 6.92 Å². The first-order valence-electron chi connectivity index (χ1n) is 6.11. The molecule has 2 rings (SSSR count). The smallest absolute Gasteiger partial charge is 0.134 e. The lowest BCUT2D eigenvalue weighted by Gasteiger charge is -2.06. The second-order valence-corrected chi connectivity index (χ2v) is 4.28. The van der Waals surface area contributed by atoms with Gasteiger partial charge in [-0.25, -0.2) is 0 Å². The van der Waals surface area contributed by atoms with Crippen molar-refractivity contribution < 1.29 is 9.52 Å². The van der Waals surface area contributed by atoms with Gasteiger partial charge in [0, 0.05) is 12.0 Å². The lowest BCUT2D eigenvalue weighted by atomic mass is 10.1. The summed E-state index contributed by atoms with van der Waals surface area (Å²) in [5.41, 5.74) is 1.07. The summed E-state index contributed by atoms with van der Waals surface area (Å²) in [7, 11) is 0. The number of rotatable bonds is 5. The van der Waals surface area contributed by atoms with Crippen molar-refractivity contribution in [3.05, 3.63) is 48.2 Å². The molecule has 0 unspecified atom stereocenters. The van der Waals surface area contributed by atoms with Gasteiger partial charge in [-0.1, -0.05) is 43.7 Å². The van der Waals surface area contributed by atoms with Crippen LogP contribution in [0.15, 0.2) is 46.9 Å². The van der Waals surface area contributed by atoms with Crippen LogP contribution in [0.5, 0.6) is 0 Å². The van der Waals surface area contributed by atoms with Crippen molar-refractivity contribution >= 4 is 0 Å². The van der Waals surface area contributed by atoms with Crippen molar-refractivity contribution in [3.8, 4) is 11.3 Å². The molecule has 0 radical (unpaired) electrons. The van der Waals surface area contributed by atoms with Crippen LogP contribution in [-0.2, 0) is 6.42 Å². The molecule has 0 saturated carbocycles. The Kier molecular flexibility index (Phi) is 3.99. The monoisotopic (exact) mass is 230 g/mol. The molecular formula is C15H18O2. The van der Waals surface area contributed by atoms with Gasteiger partial charge in [-0.3, -0.25) is 0 Å². The van der Waals surface area contributed by atoms with Gasteiger partial charge >= 0.3 is 0 Å². The van der Waals surface area contributed by atoms with Crippen LogP contribution < -0.4 is 0 Å². The predicted molar refractivity (Wildman–Crippen MR) is 68.8 cm³/mol. The average molecular weight is 230 g/mol. The van der Waals surface area contributed by atoms with Crippen LogP contribution in [0.3, 0.4) is 0 Å². The summed E-state index contributed by atoms with van der Waals surface area (Å²) >= 11 is 0. The highest BCUT2D eigenvalue weighted by Crippen LogP contribution is 2.22. The molecule has 0 aliphatic rings. The Bertz CT molecular complexity index is 445. The minimum Gasteiger partial charge on any atom is -0.461 e. The van der Waals surface area contributed by atoms with Gasteiger partial charge in [-0.05, 0) is 18.6 Å². The molecule has 1 aromatic carbocycles. The molecule has 1 N–H and O–H groups in total. The van der Waals surface area contributed by atoms with E-state index in [1.165, 1.54) is 0 Å². The van der Waals surface area contributed by atoms with Crippen LogP contribution in [0, 0.1) is 0 Å². The van der Waals surface area contributed by atoms with E-state index < -0.39 is 0 Å². The predicted octanol–water partition coefficient (Wildman–Crippen LogP) is 3.65. The normalized spacial score (nSPS) is 12.6. The third-order valence-corrected chi connectivity index (χ3v) is 2.78. The molecule has 90 valence electrons. The summed E-state index contributed by atoms with van der Waals surface area (Å²) in [6, 6.07) is 13.9. The second kappa shape index (κ2) is 5.69. The molecule has 2 aromatic rings. The summed E-state index contributed by atoms with van der Waals surface area (Å²) in [4.78, 5) is 0. The highest BCUT2D eigenvalue weighted by Gasteiger charge is 2.09. The van der Waals surface area contributed by atoms with Gasteiger partial charge in [-0.2, -0.15) is 0 Å². The molecule has 0 aliphatic heterocycles. The zero-order chi connectivity index (χ0) is 12.1. The fourth-order valence-corrected chi connectivity index (χ4v) is 1.91. The molecule has 0 saturated heterocycles. The first-order valence-corrected chi connectivity index (χ1v) is 6.11. The van der Waals surface area contributed by atoms with Gasteiger partial charge in [-0.15, -0.1) is 0 Å². The number of hydrogen-bond donors (Lipinski definition) is 1. The van der Waals surface area contributed by atoms with E-state index in [0.29, 0.717) is 6.42 Å². The summed E-state index contributed by atoms with van der Waals surface area (Å²) in [6.45, 7) is 2.07. The standard InChI is InChI=1S/C15H18O2/c1-2-6-13(16)11-14-9-10-15(17-14)12-7-4-3-5-8-12/h3-5,7-10,13,16H,2,6,11H2,1H3/t13-/m0/s1. The van der Waals surface area contributed by atoms with Crippen LogP contribution in [0.4, 0.5) is 0 Å². The van der Waals surface area contributed by atoms with Crippen molar-refractivity contribution in [2.24, 2.45) is 0 Å². The zero-order valence-electron chi connectivity index (χ0n) is 10.1. The van der Waals surface area contributed by atoms with Crippen molar-refractivity contribution in [3.63, 3.8) is 0 Å². The number of aliphatic hydroxyl groups excluding tert-OH is 1. The lowest BCUT2D eigenvalue weighted by molar-refractivity contribution is 0.157. The van der Waals surface area contributed by atoms with Gasteiger partial charge in [0.2, 0.25) is 0 Å². The van der Waals surface area contributed by atoms with E-state index in [4.69, 9.17) is 4.42 Å². The molecule has 1 aromatic heterocycles. The highest BCUT2D eigenvalue weighted by atomic mass is 16.3. The van der Waals surface area contributed by atoms with E-state index in [1.54, 1.807) is 0 Å². The van der Waals surface area contributed by atoms with E-state index >= 15 is 0 Å². The minimum absolute atomic E-state index is 0.297. The maximum Gasteiger partial charge on any atom is 0.134 e. The zero-order valence-corrected chi connectivity index (χ0v) is 10.1. The molecule has 0 spiro atoms. The van der Waals surface area contributed by atoms with Crippen LogP contribution in [0.25, 0.3) is 11.3 Å². The maximum absolute atomic E-state index is 9.72. The molecule has 0 bridgehead atoms. The molecule has 1 atom stereocenters. The molecule has 0 aliphatic carbocycles. The molecular weight excluding hydrogens is 212 g/mol. The Labute approximate surface area is 102 Å². The average Bonchev–Trinajstić information content (AvgIpc) is 2.79. The van der Waals surface area contributed by atoms with Crippen molar-refractivity contribution in [2.75, 3.05) is 0 Å². The highest BCUT2D eigenvalue weighted by molar-refractivity contribution is 5.57. The third-order valence-electron chi connectivity index (χ3n) is 2.78. The SMILES string of the molecule is CCC[C@H](O)Cc1ccc(-c2ccccc2)o1. The van der Waals surface area contributed by atoms with Gasteiger partial charge in [0.05, 0.1) is 6.10 Å². The number of aliphatic hydroxyl groups is 1. The molecule has 1 heterocycles. The number of furan rings is 1. The largest absolute Gasteiger partial charge is 0.461 e. The van der Waals surface area contributed by atoms with Crippen molar-refractivity contribution in [1.82, 2.24) is 0 Å². The van der Waals surface area contributed by atoms with Crippen LogP contribution in [0.1, 0.15) is 25.5 Å². The molecule has 2 nitrogen and oxygen atoms in total. The first-order chi connectivity index (χ1) is 8.29. The van der Waals surface area contributed by atoms with Gasteiger partial charge < -0.3 is 9.52 Å². The van der Waals surface area contributed by atoms with Crippen molar-refractivity contribution in [1.29, 1.82) is 0 Å². The Hall–Kier alpha value is -1.54. The minimum atomic E-state index is -0.297. The summed E-state index contributed by atoms with van der Waals surface area (Å²) in [5.74, 6) is 1.72. The topological polar surface area (TPSA) is 33.4 Å². The van der Waals surface area contributed by atoms with Crippen LogP contribution >= 0.6 is 0 Å². The van der Waals surface area contributed by atoms with Gasteiger partial charge in [0.25, 0.3) is 0 Å². The quantitative estimate of drug-likeness (QED) is 0.850. The molecule has 2 heteroatoms. The van der Waals surface area contributed by atoms with E-state index in [0.717, 1.165) is 29.9 Å². The first kappa shape index (κ1) is 11.9. The Balaban J connectivity index is 2.06. The Morgan fingerprint density at radius 2 is 1.88 bits per heavy atom. The van der Waals surface area contributed by atoms with E-state index in [-0.39, 0.29) is 6.10 Å². The molecule has 17 heavy (non-hydrogen) atoms. The lowest BCUT2D eigenvalue weighted by Crippen LogP contribution is -2.08. The maximum atomic E-state index is 9.72. The van der Waals surface area contributed by atoms with Crippen LogP contribution in [0.2, 0.25) is 0 Å². The van der Waals surface area contributed by atoms with Crippen molar-refractivity contribution in [2.45, 2.75) is 32.3 Å². The summed E-state index contributed by atoms with van der Waals surface area (Å²) in [5, 5.41) is 9.72. The fraction of sp³-hybridized carbons (Fsp3) is 0.333. The van der Waals surface area contributed by atoms with Gasteiger partial charge in [0.1, 0.15) is 11.5 Å².